The Labute approximate surface area is 124 Å². The lowest BCUT2D eigenvalue weighted by Gasteiger charge is -2.23. The summed E-state index contributed by atoms with van der Waals surface area (Å²) in [6.07, 6.45) is 1.71. The second-order valence-electron chi connectivity index (χ2n) is 4.17. The van der Waals surface area contributed by atoms with Crippen molar-refractivity contribution < 1.29 is 4.79 Å². The molecule has 0 spiro atoms. The maximum absolute atomic E-state index is 12.1. The first kappa shape index (κ1) is 12.7. The van der Waals surface area contributed by atoms with Crippen LogP contribution in [0, 0.1) is 0 Å². The zero-order valence-corrected chi connectivity index (χ0v) is 12.4. The van der Waals surface area contributed by atoms with Crippen LogP contribution in [0.25, 0.3) is 0 Å². The Balaban J connectivity index is 1.97. The van der Waals surface area contributed by atoms with Crippen molar-refractivity contribution in [2.75, 3.05) is 10.7 Å². The van der Waals surface area contributed by atoms with Gasteiger partial charge in [0.25, 0.3) is 0 Å². The van der Waals surface area contributed by atoms with Crippen LogP contribution < -0.4 is 4.90 Å². The molecule has 1 fully saturated rings. The predicted molar refractivity (Wildman–Crippen MR) is 81.1 cm³/mol. The largest absolute Gasteiger partial charge is 0.279 e. The topological polar surface area (TPSA) is 33.2 Å². The summed E-state index contributed by atoms with van der Waals surface area (Å²) in [5, 5.41) is 0.00972. The fraction of sp³-hybridized carbons (Fsp3) is 0.143. The van der Waals surface area contributed by atoms with Crippen molar-refractivity contribution in [2.24, 2.45) is 0 Å². The minimum Gasteiger partial charge on any atom is -0.279 e. The van der Waals surface area contributed by atoms with E-state index in [4.69, 9.17) is 0 Å². The Morgan fingerprint density at radius 1 is 1.21 bits per heavy atom. The Hall–Kier alpha value is -1.33. The van der Waals surface area contributed by atoms with Crippen molar-refractivity contribution in [3.63, 3.8) is 0 Å². The molecule has 2 heterocycles. The quantitative estimate of drug-likeness (QED) is 0.840. The number of anilines is 1. The van der Waals surface area contributed by atoms with E-state index in [1.54, 1.807) is 22.9 Å². The molecular formula is C14H11BrN2OS. The van der Waals surface area contributed by atoms with Gasteiger partial charge in [0.2, 0.25) is 5.91 Å². The Morgan fingerprint density at radius 2 is 2.00 bits per heavy atom. The van der Waals surface area contributed by atoms with Gasteiger partial charge >= 0.3 is 0 Å². The number of hydrogen-bond donors (Lipinski definition) is 0. The number of benzene rings is 1. The van der Waals surface area contributed by atoms with Crippen LogP contribution in [-0.2, 0) is 4.79 Å². The van der Waals surface area contributed by atoms with Crippen molar-refractivity contribution in [1.29, 1.82) is 0 Å². The minimum atomic E-state index is 0.00972. The van der Waals surface area contributed by atoms with Gasteiger partial charge in [-0.1, -0.05) is 34.1 Å². The van der Waals surface area contributed by atoms with Crippen LogP contribution in [0.5, 0.6) is 0 Å². The highest BCUT2D eigenvalue weighted by atomic mass is 79.9. The lowest BCUT2D eigenvalue weighted by Crippen LogP contribution is -2.28. The zero-order chi connectivity index (χ0) is 13.2. The monoisotopic (exact) mass is 334 g/mol. The second kappa shape index (κ2) is 5.35. The summed E-state index contributed by atoms with van der Waals surface area (Å²) in [5.41, 5.74) is 1.12. The molecule has 2 aromatic rings. The lowest BCUT2D eigenvalue weighted by molar-refractivity contribution is -0.115. The predicted octanol–water partition coefficient (Wildman–Crippen LogP) is 3.62. The van der Waals surface area contributed by atoms with Crippen LogP contribution >= 0.6 is 27.7 Å². The SMILES string of the molecule is O=C1CS[C@H](c2ccc(Br)cc2)N1c1ccccn1. The van der Waals surface area contributed by atoms with E-state index in [-0.39, 0.29) is 11.3 Å². The molecule has 5 heteroatoms. The van der Waals surface area contributed by atoms with Gasteiger partial charge in [0.1, 0.15) is 11.2 Å². The molecule has 1 atom stereocenters. The van der Waals surface area contributed by atoms with Gasteiger partial charge in [-0.25, -0.2) is 4.98 Å². The average Bonchev–Trinajstić information content (AvgIpc) is 2.82. The molecule has 3 rings (SSSR count). The third-order valence-electron chi connectivity index (χ3n) is 2.92. The van der Waals surface area contributed by atoms with Gasteiger partial charge in [0, 0.05) is 10.7 Å². The maximum Gasteiger partial charge on any atom is 0.239 e. The van der Waals surface area contributed by atoms with E-state index in [1.807, 2.05) is 42.5 Å². The highest BCUT2D eigenvalue weighted by Gasteiger charge is 2.34. The van der Waals surface area contributed by atoms with Crippen LogP contribution in [0.3, 0.4) is 0 Å². The number of halogens is 1. The van der Waals surface area contributed by atoms with Gasteiger partial charge in [-0.05, 0) is 29.8 Å². The molecule has 3 nitrogen and oxygen atoms in total. The zero-order valence-electron chi connectivity index (χ0n) is 9.99. The molecule has 1 amide bonds. The number of carbonyl (C=O) groups excluding carboxylic acids is 1. The molecular weight excluding hydrogens is 324 g/mol. The normalized spacial score (nSPS) is 18.9. The van der Waals surface area contributed by atoms with Crippen molar-refractivity contribution in [3.05, 3.63) is 58.7 Å². The number of carbonyl (C=O) groups is 1. The highest BCUT2D eigenvalue weighted by molar-refractivity contribution is 9.10. The molecule has 1 aromatic carbocycles. The van der Waals surface area contributed by atoms with Crippen molar-refractivity contribution in [3.8, 4) is 0 Å². The third-order valence-corrected chi connectivity index (χ3v) is 4.66. The molecule has 0 radical (unpaired) electrons. The Bertz CT molecular complexity index is 588. The fourth-order valence-corrected chi connectivity index (χ4v) is 3.47. The fourth-order valence-electron chi connectivity index (χ4n) is 2.04. The van der Waals surface area contributed by atoms with E-state index in [0.29, 0.717) is 11.6 Å². The summed E-state index contributed by atoms with van der Waals surface area (Å²) in [5.74, 6) is 1.32. The van der Waals surface area contributed by atoms with E-state index >= 15 is 0 Å². The van der Waals surface area contributed by atoms with Gasteiger partial charge in [-0.3, -0.25) is 9.69 Å². The lowest BCUT2D eigenvalue weighted by atomic mass is 10.2. The smallest absolute Gasteiger partial charge is 0.239 e. The number of pyridine rings is 1. The van der Waals surface area contributed by atoms with Crippen molar-refractivity contribution in [2.45, 2.75) is 5.37 Å². The maximum atomic E-state index is 12.1. The van der Waals surface area contributed by atoms with Gasteiger partial charge in [-0.15, -0.1) is 11.8 Å². The Morgan fingerprint density at radius 3 is 2.68 bits per heavy atom. The molecule has 1 saturated heterocycles. The van der Waals surface area contributed by atoms with Crippen LogP contribution in [0.1, 0.15) is 10.9 Å². The third kappa shape index (κ3) is 2.53. The number of nitrogens with zero attached hydrogens (tertiary/aromatic N) is 2. The van der Waals surface area contributed by atoms with Gasteiger partial charge in [0.15, 0.2) is 0 Å². The van der Waals surface area contributed by atoms with Crippen molar-refractivity contribution >= 4 is 39.4 Å². The number of aromatic nitrogens is 1. The molecule has 0 unspecified atom stereocenters. The van der Waals surface area contributed by atoms with E-state index in [1.165, 1.54) is 0 Å². The molecule has 0 bridgehead atoms. The molecule has 0 N–H and O–H groups in total. The van der Waals surface area contributed by atoms with Crippen LogP contribution in [0.2, 0.25) is 0 Å². The van der Waals surface area contributed by atoms with Crippen molar-refractivity contribution in [1.82, 2.24) is 4.98 Å². The number of rotatable bonds is 2. The van der Waals surface area contributed by atoms with Crippen LogP contribution in [0.4, 0.5) is 5.82 Å². The van der Waals surface area contributed by atoms with E-state index in [0.717, 1.165) is 10.0 Å². The second-order valence-corrected chi connectivity index (χ2v) is 6.15. The van der Waals surface area contributed by atoms with Gasteiger partial charge in [0.05, 0.1) is 5.75 Å². The summed E-state index contributed by atoms with van der Waals surface area (Å²) in [6, 6.07) is 13.7. The number of amides is 1. The number of thioether (sulfide) groups is 1. The van der Waals surface area contributed by atoms with Gasteiger partial charge in [-0.2, -0.15) is 0 Å². The molecule has 1 aliphatic rings. The summed E-state index contributed by atoms with van der Waals surface area (Å²) in [6.45, 7) is 0. The summed E-state index contributed by atoms with van der Waals surface area (Å²) in [7, 11) is 0. The number of hydrogen-bond acceptors (Lipinski definition) is 3. The van der Waals surface area contributed by atoms with E-state index < -0.39 is 0 Å². The van der Waals surface area contributed by atoms with E-state index in [9.17, 15) is 4.79 Å². The highest BCUT2D eigenvalue weighted by Crippen LogP contribution is 2.41. The summed E-state index contributed by atoms with van der Waals surface area (Å²) >= 11 is 5.06. The molecule has 0 saturated carbocycles. The summed E-state index contributed by atoms with van der Waals surface area (Å²) < 4.78 is 1.04. The summed E-state index contributed by atoms with van der Waals surface area (Å²) in [4.78, 5) is 18.1. The molecule has 1 aliphatic heterocycles. The standard InChI is InChI=1S/C14H11BrN2OS/c15-11-6-4-10(5-7-11)14-17(13(18)9-19-14)12-3-1-2-8-16-12/h1-8,14H,9H2/t14-/m1/s1. The molecule has 0 aliphatic carbocycles. The minimum absolute atomic E-state index is 0.00972. The Kier molecular flexibility index (Phi) is 3.57. The van der Waals surface area contributed by atoms with Crippen LogP contribution in [0.15, 0.2) is 53.1 Å². The average molecular weight is 335 g/mol. The molecule has 19 heavy (non-hydrogen) atoms. The van der Waals surface area contributed by atoms with E-state index in [2.05, 4.69) is 20.9 Å². The molecule has 1 aromatic heterocycles. The first-order valence-electron chi connectivity index (χ1n) is 5.86. The van der Waals surface area contributed by atoms with Crippen LogP contribution in [-0.4, -0.2) is 16.6 Å². The van der Waals surface area contributed by atoms with Gasteiger partial charge < -0.3 is 0 Å². The first-order chi connectivity index (χ1) is 9.25. The first-order valence-corrected chi connectivity index (χ1v) is 7.70. The molecule has 96 valence electrons.